The van der Waals surface area contributed by atoms with Gasteiger partial charge in [-0.15, -0.1) is 0 Å². The lowest BCUT2D eigenvalue weighted by atomic mass is 10.1. The summed E-state index contributed by atoms with van der Waals surface area (Å²) in [6, 6.07) is 0.550. The van der Waals surface area contributed by atoms with Crippen molar-refractivity contribution in [3.63, 3.8) is 0 Å². The summed E-state index contributed by atoms with van der Waals surface area (Å²) in [6.45, 7) is 8.24. The Morgan fingerprint density at radius 2 is 1.75 bits per heavy atom. The smallest absolute Gasteiger partial charge is 0.215 e. The minimum absolute atomic E-state index is 0.00613. The normalized spacial score (nSPS) is 21.1. The van der Waals surface area contributed by atoms with Crippen LogP contribution in [0.3, 0.4) is 0 Å². The molecule has 1 aliphatic carbocycles. The first-order valence-electron chi connectivity index (χ1n) is 6.07. The Labute approximate surface area is 99.2 Å². The predicted octanol–water partition coefficient (Wildman–Crippen LogP) is 1.09. The van der Waals surface area contributed by atoms with Gasteiger partial charge in [-0.1, -0.05) is 13.8 Å². The molecule has 96 valence electrons. The second-order valence-electron chi connectivity index (χ2n) is 5.19. The second kappa shape index (κ2) is 5.47. The molecule has 1 saturated carbocycles. The van der Waals surface area contributed by atoms with E-state index in [9.17, 15) is 8.42 Å². The number of hydrogen-bond acceptors (Lipinski definition) is 3. The molecule has 2 atom stereocenters. The highest BCUT2D eigenvalue weighted by atomic mass is 32.2. The zero-order valence-corrected chi connectivity index (χ0v) is 11.5. The summed E-state index contributed by atoms with van der Waals surface area (Å²) in [6.07, 6.45) is 2.37. The molecular weight excluding hydrogens is 224 g/mol. The third-order valence-corrected chi connectivity index (χ3v) is 5.08. The Kier molecular flexibility index (Phi) is 4.76. The lowest BCUT2D eigenvalue weighted by Crippen LogP contribution is -2.44. The first-order valence-corrected chi connectivity index (χ1v) is 7.62. The van der Waals surface area contributed by atoms with Gasteiger partial charge < -0.3 is 5.32 Å². The van der Waals surface area contributed by atoms with Crippen molar-refractivity contribution < 1.29 is 8.42 Å². The topological polar surface area (TPSA) is 58.2 Å². The average molecular weight is 248 g/mol. The molecule has 2 unspecified atom stereocenters. The van der Waals surface area contributed by atoms with Crippen molar-refractivity contribution in [2.24, 2.45) is 5.92 Å². The van der Waals surface area contributed by atoms with Gasteiger partial charge in [-0.05, 0) is 32.6 Å². The van der Waals surface area contributed by atoms with E-state index >= 15 is 0 Å². The van der Waals surface area contributed by atoms with Crippen LogP contribution >= 0.6 is 0 Å². The molecule has 1 aliphatic rings. The Balaban J connectivity index is 2.40. The van der Waals surface area contributed by atoms with Gasteiger partial charge in [-0.2, -0.15) is 0 Å². The van der Waals surface area contributed by atoms with Gasteiger partial charge in [0.25, 0.3) is 0 Å². The van der Waals surface area contributed by atoms with E-state index in [1.807, 2.05) is 20.8 Å². The summed E-state index contributed by atoms with van der Waals surface area (Å²) >= 11 is 0. The van der Waals surface area contributed by atoms with Gasteiger partial charge in [0.15, 0.2) is 0 Å². The van der Waals surface area contributed by atoms with Crippen molar-refractivity contribution in [1.29, 1.82) is 0 Å². The van der Waals surface area contributed by atoms with Crippen molar-refractivity contribution in [3.8, 4) is 0 Å². The standard InChI is InChI=1S/C11H24N2O2S/c1-8(2)10(4)13-16(14,15)9(3)7-12-11-5-6-11/h8-13H,5-7H2,1-4H3. The SMILES string of the molecule is CC(C)C(C)NS(=O)(=O)C(C)CNC1CC1. The number of sulfonamides is 1. The molecule has 2 N–H and O–H groups in total. The van der Waals surface area contributed by atoms with Gasteiger partial charge in [0.1, 0.15) is 0 Å². The van der Waals surface area contributed by atoms with E-state index in [2.05, 4.69) is 10.0 Å². The van der Waals surface area contributed by atoms with Crippen LogP contribution in [0, 0.1) is 5.92 Å². The maximum Gasteiger partial charge on any atom is 0.215 e. The van der Waals surface area contributed by atoms with Crippen LogP contribution in [-0.2, 0) is 10.0 Å². The maximum absolute atomic E-state index is 11.9. The first-order chi connectivity index (χ1) is 7.33. The molecule has 0 aliphatic heterocycles. The van der Waals surface area contributed by atoms with Crippen molar-refractivity contribution >= 4 is 10.0 Å². The summed E-state index contributed by atoms with van der Waals surface area (Å²) in [4.78, 5) is 0. The molecule has 0 heterocycles. The Hall–Kier alpha value is -0.130. The summed E-state index contributed by atoms with van der Waals surface area (Å²) in [7, 11) is -3.18. The summed E-state index contributed by atoms with van der Waals surface area (Å²) < 4.78 is 26.6. The molecule has 1 fully saturated rings. The van der Waals surface area contributed by atoms with E-state index < -0.39 is 10.0 Å². The Bertz CT molecular complexity index is 310. The zero-order valence-electron chi connectivity index (χ0n) is 10.7. The molecular formula is C11H24N2O2S. The monoisotopic (exact) mass is 248 g/mol. The van der Waals surface area contributed by atoms with Gasteiger partial charge in [-0.25, -0.2) is 13.1 Å². The van der Waals surface area contributed by atoms with E-state index in [-0.39, 0.29) is 11.3 Å². The largest absolute Gasteiger partial charge is 0.313 e. The van der Waals surface area contributed by atoms with Gasteiger partial charge in [0.05, 0.1) is 5.25 Å². The summed E-state index contributed by atoms with van der Waals surface area (Å²) in [5, 5.41) is 2.88. The van der Waals surface area contributed by atoms with Gasteiger partial charge in [0, 0.05) is 18.6 Å². The quantitative estimate of drug-likeness (QED) is 0.709. The highest BCUT2D eigenvalue weighted by molar-refractivity contribution is 7.90. The van der Waals surface area contributed by atoms with Crippen LogP contribution in [0.1, 0.15) is 40.5 Å². The van der Waals surface area contributed by atoms with Crippen LogP contribution in [0.2, 0.25) is 0 Å². The zero-order chi connectivity index (χ0) is 12.3. The molecule has 16 heavy (non-hydrogen) atoms. The van der Waals surface area contributed by atoms with Crippen LogP contribution < -0.4 is 10.0 Å². The lowest BCUT2D eigenvalue weighted by Gasteiger charge is -2.21. The Morgan fingerprint density at radius 1 is 1.19 bits per heavy atom. The average Bonchev–Trinajstić information content (AvgIpc) is 2.96. The van der Waals surface area contributed by atoms with Crippen LogP contribution in [-0.4, -0.2) is 32.3 Å². The van der Waals surface area contributed by atoms with Crippen LogP contribution in [0.25, 0.3) is 0 Å². The van der Waals surface area contributed by atoms with E-state index in [1.54, 1.807) is 6.92 Å². The molecule has 5 heteroatoms. The minimum atomic E-state index is -3.18. The molecule has 0 amide bonds. The van der Waals surface area contributed by atoms with Crippen LogP contribution in [0.5, 0.6) is 0 Å². The van der Waals surface area contributed by atoms with Gasteiger partial charge in [-0.3, -0.25) is 0 Å². The van der Waals surface area contributed by atoms with Crippen molar-refractivity contribution in [2.45, 2.75) is 57.9 Å². The number of nitrogens with one attached hydrogen (secondary N) is 2. The van der Waals surface area contributed by atoms with E-state index in [1.165, 1.54) is 12.8 Å². The van der Waals surface area contributed by atoms with Crippen molar-refractivity contribution in [2.75, 3.05) is 6.54 Å². The molecule has 0 spiro atoms. The highest BCUT2D eigenvalue weighted by Crippen LogP contribution is 2.18. The van der Waals surface area contributed by atoms with Crippen molar-refractivity contribution in [1.82, 2.24) is 10.0 Å². The summed E-state index contributed by atoms with van der Waals surface area (Å²) in [5.41, 5.74) is 0. The molecule has 0 aromatic carbocycles. The van der Waals surface area contributed by atoms with E-state index in [0.717, 1.165) is 0 Å². The van der Waals surface area contributed by atoms with Crippen LogP contribution in [0.4, 0.5) is 0 Å². The molecule has 4 nitrogen and oxygen atoms in total. The molecule has 0 aromatic rings. The number of rotatable bonds is 7. The second-order valence-corrected chi connectivity index (χ2v) is 7.32. The third-order valence-electron chi connectivity index (χ3n) is 3.15. The minimum Gasteiger partial charge on any atom is -0.313 e. The molecule has 0 radical (unpaired) electrons. The van der Waals surface area contributed by atoms with E-state index in [0.29, 0.717) is 18.5 Å². The lowest BCUT2D eigenvalue weighted by molar-refractivity contribution is 0.470. The fraction of sp³-hybridized carbons (Fsp3) is 1.00. The maximum atomic E-state index is 11.9. The molecule has 0 aromatic heterocycles. The van der Waals surface area contributed by atoms with E-state index in [4.69, 9.17) is 0 Å². The molecule has 1 rings (SSSR count). The highest BCUT2D eigenvalue weighted by Gasteiger charge is 2.27. The third kappa shape index (κ3) is 4.39. The molecule has 0 bridgehead atoms. The van der Waals surface area contributed by atoms with Gasteiger partial charge in [0.2, 0.25) is 10.0 Å². The fourth-order valence-electron chi connectivity index (χ4n) is 1.24. The fourth-order valence-corrected chi connectivity index (χ4v) is 2.58. The first kappa shape index (κ1) is 13.9. The van der Waals surface area contributed by atoms with Crippen molar-refractivity contribution in [3.05, 3.63) is 0 Å². The summed E-state index contributed by atoms with van der Waals surface area (Å²) in [5.74, 6) is 0.318. The predicted molar refractivity (Wildman–Crippen MR) is 66.8 cm³/mol. The number of hydrogen-bond donors (Lipinski definition) is 2. The van der Waals surface area contributed by atoms with Crippen LogP contribution in [0.15, 0.2) is 0 Å². The molecule has 0 saturated heterocycles. The Morgan fingerprint density at radius 3 is 2.19 bits per heavy atom. The van der Waals surface area contributed by atoms with Gasteiger partial charge >= 0.3 is 0 Å².